The van der Waals surface area contributed by atoms with E-state index < -0.39 is 30.4 Å². The van der Waals surface area contributed by atoms with E-state index in [4.69, 9.17) is 9.47 Å². The minimum absolute atomic E-state index is 0.0226. The van der Waals surface area contributed by atoms with Crippen molar-refractivity contribution in [1.29, 1.82) is 0 Å². The first-order valence-electron chi connectivity index (χ1n) is 10.5. The summed E-state index contributed by atoms with van der Waals surface area (Å²) in [4.78, 5) is 26.7. The van der Waals surface area contributed by atoms with Gasteiger partial charge in [0.05, 0.1) is 19.6 Å². The van der Waals surface area contributed by atoms with E-state index in [9.17, 15) is 19.8 Å². The highest BCUT2D eigenvalue weighted by molar-refractivity contribution is 5.95. The molecular formula is C23H27N3O6. The normalized spacial score (nSPS) is 24.2. The van der Waals surface area contributed by atoms with E-state index in [1.807, 2.05) is 24.3 Å². The number of carbonyl (C=O) groups excluding carboxylic acids is 2. The lowest BCUT2D eigenvalue weighted by Gasteiger charge is -2.21. The van der Waals surface area contributed by atoms with Gasteiger partial charge in [-0.3, -0.25) is 4.79 Å². The van der Waals surface area contributed by atoms with E-state index in [-0.39, 0.29) is 18.9 Å². The smallest absolute Gasteiger partial charge is 0.319 e. The highest BCUT2D eigenvalue weighted by atomic mass is 16.5. The Kier molecular flexibility index (Phi) is 6.59. The number of amides is 3. The summed E-state index contributed by atoms with van der Waals surface area (Å²) in [5.41, 5.74) is 2.53. The molecule has 4 atom stereocenters. The molecule has 2 heterocycles. The van der Waals surface area contributed by atoms with Gasteiger partial charge >= 0.3 is 6.03 Å². The fourth-order valence-electron chi connectivity index (χ4n) is 4.11. The lowest BCUT2D eigenvalue weighted by Crippen LogP contribution is -2.41. The van der Waals surface area contributed by atoms with Crippen LogP contribution in [0.25, 0.3) is 0 Å². The van der Waals surface area contributed by atoms with E-state index in [0.717, 1.165) is 17.7 Å². The molecule has 0 radical (unpaired) electrons. The first kappa shape index (κ1) is 22.1. The Bertz CT molecular complexity index is 984. The fraction of sp³-hybridized carbons (Fsp3) is 0.391. The molecule has 0 spiro atoms. The number of fused-ring (bicyclic) bond motifs is 1. The number of para-hydroxylation sites is 1. The first-order valence-corrected chi connectivity index (χ1v) is 10.5. The number of methoxy groups -OCH3 is 1. The van der Waals surface area contributed by atoms with Crippen LogP contribution < -0.4 is 20.3 Å². The summed E-state index contributed by atoms with van der Waals surface area (Å²) in [6.45, 7) is 0.560. The zero-order chi connectivity index (χ0) is 22.7. The molecule has 4 rings (SSSR count). The predicted molar refractivity (Wildman–Crippen MR) is 118 cm³/mol. The number of nitrogens with one attached hydrogen (secondary N) is 2. The van der Waals surface area contributed by atoms with Crippen molar-refractivity contribution in [3.63, 3.8) is 0 Å². The lowest BCUT2D eigenvalue weighted by atomic mass is 10.0. The lowest BCUT2D eigenvalue weighted by molar-refractivity contribution is -0.122. The summed E-state index contributed by atoms with van der Waals surface area (Å²) < 4.78 is 10.9. The van der Waals surface area contributed by atoms with Crippen LogP contribution in [0.3, 0.4) is 0 Å². The summed E-state index contributed by atoms with van der Waals surface area (Å²) in [5.74, 6) is 0.434. The Hall–Kier alpha value is -3.14. The van der Waals surface area contributed by atoms with Gasteiger partial charge in [0.15, 0.2) is 0 Å². The summed E-state index contributed by atoms with van der Waals surface area (Å²) >= 11 is 0. The molecule has 2 aliphatic rings. The van der Waals surface area contributed by atoms with Crippen molar-refractivity contribution in [3.05, 3.63) is 54.1 Å². The van der Waals surface area contributed by atoms with Crippen LogP contribution in [-0.4, -0.2) is 66.8 Å². The first-order chi connectivity index (χ1) is 15.5. The van der Waals surface area contributed by atoms with Crippen LogP contribution in [0.1, 0.15) is 12.0 Å². The van der Waals surface area contributed by atoms with Crippen molar-refractivity contribution >= 4 is 23.3 Å². The second kappa shape index (κ2) is 9.56. The highest BCUT2D eigenvalue weighted by Crippen LogP contribution is 2.30. The largest absolute Gasteiger partial charge is 0.497 e. The number of carbonyl (C=O) groups is 2. The van der Waals surface area contributed by atoms with Crippen molar-refractivity contribution in [2.45, 2.75) is 37.3 Å². The van der Waals surface area contributed by atoms with Gasteiger partial charge in [-0.1, -0.05) is 24.3 Å². The summed E-state index contributed by atoms with van der Waals surface area (Å²) in [5, 5.41) is 26.0. The maximum absolute atomic E-state index is 12.8. The molecule has 3 amide bonds. The number of ether oxygens (including phenoxy) is 2. The van der Waals surface area contributed by atoms with Crippen LogP contribution in [-0.2, 0) is 16.0 Å². The van der Waals surface area contributed by atoms with Gasteiger partial charge in [-0.05, 0) is 30.2 Å². The summed E-state index contributed by atoms with van der Waals surface area (Å²) in [6, 6.07) is 14.1. The van der Waals surface area contributed by atoms with Crippen molar-refractivity contribution in [2.75, 3.05) is 30.4 Å². The molecular weight excluding hydrogens is 414 g/mol. The van der Waals surface area contributed by atoms with E-state index in [1.54, 1.807) is 29.2 Å². The molecule has 1 saturated heterocycles. The van der Waals surface area contributed by atoms with Gasteiger partial charge in [0, 0.05) is 30.5 Å². The van der Waals surface area contributed by atoms with Crippen molar-refractivity contribution in [2.24, 2.45) is 0 Å². The Morgan fingerprint density at radius 3 is 2.72 bits per heavy atom. The number of nitrogens with zero attached hydrogens (tertiary/aromatic N) is 1. The number of hydrogen-bond acceptors (Lipinski definition) is 6. The van der Waals surface area contributed by atoms with Crippen LogP contribution in [0.4, 0.5) is 16.2 Å². The molecule has 9 nitrogen and oxygen atoms in total. The van der Waals surface area contributed by atoms with Gasteiger partial charge in [0.2, 0.25) is 5.91 Å². The van der Waals surface area contributed by atoms with Crippen LogP contribution in [0.15, 0.2) is 48.5 Å². The average molecular weight is 441 g/mol. The van der Waals surface area contributed by atoms with E-state index in [1.165, 1.54) is 7.11 Å². The van der Waals surface area contributed by atoms with Gasteiger partial charge in [-0.2, -0.15) is 0 Å². The highest BCUT2D eigenvalue weighted by Gasteiger charge is 2.44. The van der Waals surface area contributed by atoms with E-state index in [2.05, 4.69) is 10.6 Å². The second-order valence-electron chi connectivity index (χ2n) is 7.89. The van der Waals surface area contributed by atoms with Crippen LogP contribution in [0, 0.1) is 0 Å². The molecule has 0 unspecified atom stereocenters. The fourth-order valence-corrected chi connectivity index (χ4v) is 4.11. The number of anilines is 2. The molecule has 0 saturated carbocycles. The average Bonchev–Trinajstić information content (AvgIpc) is 3.34. The van der Waals surface area contributed by atoms with E-state index >= 15 is 0 Å². The minimum Gasteiger partial charge on any atom is -0.497 e. The molecule has 2 aromatic carbocycles. The molecule has 4 N–H and O–H groups in total. The molecule has 32 heavy (non-hydrogen) atoms. The Balaban J connectivity index is 1.29. The molecule has 170 valence electrons. The summed E-state index contributed by atoms with van der Waals surface area (Å²) in [6.07, 6.45) is -3.38. The van der Waals surface area contributed by atoms with Crippen LogP contribution >= 0.6 is 0 Å². The second-order valence-corrected chi connectivity index (χ2v) is 7.89. The maximum Gasteiger partial charge on any atom is 0.319 e. The molecule has 0 bridgehead atoms. The van der Waals surface area contributed by atoms with Gasteiger partial charge < -0.3 is 35.2 Å². The van der Waals surface area contributed by atoms with Gasteiger partial charge in [-0.15, -0.1) is 0 Å². The number of benzene rings is 2. The van der Waals surface area contributed by atoms with Gasteiger partial charge in [0.1, 0.15) is 24.1 Å². The quantitative estimate of drug-likeness (QED) is 0.536. The van der Waals surface area contributed by atoms with Gasteiger partial charge in [-0.25, -0.2) is 4.79 Å². The molecule has 2 aromatic rings. The topological polar surface area (TPSA) is 120 Å². The Morgan fingerprint density at radius 2 is 1.91 bits per heavy atom. The standard InChI is InChI=1S/C23H27N3O6/c1-31-16-7-4-6-15(11-16)25-23(30)24-13-19-22(29)21(28)18(32-19)12-20(27)26-10-9-14-5-2-3-8-17(14)26/h2-8,11,18-19,21-22,28-29H,9-10,12-13H2,1H3,(H2,24,25,30)/t18-,19+,21-,22+/m0/s1. The zero-order valence-corrected chi connectivity index (χ0v) is 17.7. The third-order valence-electron chi connectivity index (χ3n) is 5.82. The third kappa shape index (κ3) is 4.69. The SMILES string of the molecule is COc1cccc(NC(=O)NC[C@H]2O[C@@H](CC(=O)N3CCc4ccccc43)[C@H](O)[C@@H]2O)c1. The molecule has 9 heteroatoms. The Morgan fingerprint density at radius 1 is 1.12 bits per heavy atom. The molecule has 2 aliphatic heterocycles. The summed E-state index contributed by atoms with van der Waals surface area (Å²) in [7, 11) is 1.53. The number of rotatable bonds is 6. The number of aliphatic hydroxyl groups excluding tert-OH is 2. The number of urea groups is 1. The maximum atomic E-state index is 12.8. The molecule has 0 aliphatic carbocycles. The Labute approximate surface area is 185 Å². The van der Waals surface area contributed by atoms with Gasteiger partial charge in [0.25, 0.3) is 0 Å². The third-order valence-corrected chi connectivity index (χ3v) is 5.82. The van der Waals surface area contributed by atoms with Crippen molar-refractivity contribution < 1.29 is 29.3 Å². The predicted octanol–water partition coefficient (Wildman–Crippen LogP) is 1.29. The zero-order valence-electron chi connectivity index (χ0n) is 17.7. The van der Waals surface area contributed by atoms with Crippen LogP contribution in [0.2, 0.25) is 0 Å². The minimum atomic E-state index is -1.22. The van der Waals surface area contributed by atoms with Crippen molar-refractivity contribution in [1.82, 2.24) is 5.32 Å². The molecule has 0 aromatic heterocycles. The van der Waals surface area contributed by atoms with Crippen molar-refractivity contribution in [3.8, 4) is 5.75 Å². The molecule has 1 fully saturated rings. The monoisotopic (exact) mass is 441 g/mol. The van der Waals surface area contributed by atoms with Crippen LogP contribution in [0.5, 0.6) is 5.75 Å². The number of hydrogen-bond donors (Lipinski definition) is 4. The van der Waals surface area contributed by atoms with E-state index in [0.29, 0.717) is 18.0 Å². The number of aliphatic hydroxyl groups is 2.